The summed E-state index contributed by atoms with van der Waals surface area (Å²) in [6.07, 6.45) is 3.36. The Morgan fingerprint density at radius 3 is 2.58 bits per heavy atom. The van der Waals surface area contributed by atoms with Crippen LogP contribution in [0.15, 0.2) is 47.8 Å². The molecule has 3 aromatic rings. The van der Waals surface area contributed by atoms with Crippen LogP contribution in [0.25, 0.3) is 5.82 Å². The van der Waals surface area contributed by atoms with E-state index in [-0.39, 0.29) is 27.0 Å². The van der Waals surface area contributed by atoms with Gasteiger partial charge in [-0.15, -0.1) is 0 Å². The highest BCUT2D eigenvalue weighted by atomic mass is 35.5. The molecule has 0 fully saturated rings. The van der Waals surface area contributed by atoms with Gasteiger partial charge in [0.15, 0.2) is 21.5 Å². The zero-order valence-corrected chi connectivity index (χ0v) is 17.7. The third-order valence-electron chi connectivity index (χ3n) is 4.03. The van der Waals surface area contributed by atoms with E-state index >= 15 is 0 Å². The van der Waals surface area contributed by atoms with Gasteiger partial charge in [0.05, 0.1) is 17.1 Å². The molecule has 0 saturated carbocycles. The van der Waals surface area contributed by atoms with Gasteiger partial charge in [0.2, 0.25) is 0 Å². The number of amides is 1. The SMILES string of the molecule is C[C@H](NC(=O)c1cc(Cl)cc(S(C)(=O)=O)c1)c1ncnn1-c1ccc(OC(F)F)cn1. The largest absolute Gasteiger partial charge is 0.433 e. The molecular formula is C18H16ClF2N5O4S. The molecule has 1 atom stereocenters. The molecule has 1 amide bonds. The first-order chi connectivity index (χ1) is 14.5. The first kappa shape index (κ1) is 22.6. The third-order valence-corrected chi connectivity index (χ3v) is 5.34. The van der Waals surface area contributed by atoms with E-state index in [2.05, 4.69) is 25.1 Å². The zero-order valence-electron chi connectivity index (χ0n) is 16.2. The lowest BCUT2D eigenvalue weighted by Gasteiger charge is -2.15. The van der Waals surface area contributed by atoms with Crippen LogP contribution in [0, 0.1) is 0 Å². The zero-order chi connectivity index (χ0) is 22.8. The summed E-state index contributed by atoms with van der Waals surface area (Å²) in [7, 11) is -3.56. The highest BCUT2D eigenvalue weighted by molar-refractivity contribution is 7.90. The monoisotopic (exact) mass is 471 g/mol. The number of aromatic nitrogens is 4. The summed E-state index contributed by atoms with van der Waals surface area (Å²) < 4.78 is 53.7. The molecule has 3 rings (SSSR count). The number of pyridine rings is 1. The summed E-state index contributed by atoms with van der Waals surface area (Å²) in [6.45, 7) is -1.34. The average Bonchev–Trinajstić information content (AvgIpc) is 3.17. The Kier molecular flexibility index (Phi) is 6.51. The van der Waals surface area contributed by atoms with Crippen molar-refractivity contribution in [3.63, 3.8) is 0 Å². The van der Waals surface area contributed by atoms with Crippen molar-refractivity contribution in [1.82, 2.24) is 25.1 Å². The molecule has 0 unspecified atom stereocenters. The number of carbonyl (C=O) groups excluding carboxylic acids is 1. The lowest BCUT2D eigenvalue weighted by atomic mass is 10.2. The molecule has 2 heterocycles. The average molecular weight is 472 g/mol. The minimum atomic E-state index is -3.56. The Morgan fingerprint density at radius 1 is 1.23 bits per heavy atom. The number of hydrogen-bond donors (Lipinski definition) is 1. The Hall–Kier alpha value is -3.12. The minimum absolute atomic E-state index is 0.0532. The van der Waals surface area contributed by atoms with Gasteiger partial charge in [0, 0.05) is 16.8 Å². The normalized spacial score (nSPS) is 12.6. The van der Waals surface area contributed by atoms with Gasteiger partial charge in [-0.05, 0) is 37.3 Å². The predicted molar refractivity (Wildman–Crippen MR) is 106 cm³/mol. The van der Waals surface area contributed by atoms with Crippen LogP contribution in [-0.4, -0.2) is 46.9 Å². The van der Waals surface area contributed by atoms with Gasteiger partial charge in [-0.25, -0.2) is 18.4 Å². The number of hydrogen-bond acceptors (Lipinski definition) is 7. The molecule has 0 saturated heterocycles. The molecule has 0 aliphatic heterocycles. The maximum Gasteiger partial charge on any atom is 0.387 e. The molecular weight excluding hydrogens is 456 g/mol. The second kappa shape index (κ2) is 8.94. The van der Waals surface area contributed by atoms with Crippen LogP contribution in [0.4, 0.5) is 8.78 Å². The second-order valence-electron chi connectivity index (χ2n) is 6.40. The lowest BCUT2D eigenvalue weighted by Crippen LogP contribution is -2.29. The molecule has 0 aliphatic rings. The topological polar surface area (TPSA) is 116 Å². The van der Waals surface area contributed by atoms with E-state index in [1.54, 1.807) is 6.92 Å². The van der Waals surface area contributed by atoms with E-state index < -0.39 is 28.4 Å². The number of carbonyl (C=O) groups is 1. The summed E-state index contributed by atoms with van der Waals surface area (Å²) in [5.74, 6) is -0.140. The van der Waals surface area contributed by atoms with Crippen molar-refractivity contribution in [2.75, 3.05) is 6.26 Å². The van der Waals surface area contributed by atoms with Crippen molar-refractivity contribution in [2.45, 2.75) is 24.5 Å². The number of alkyl halides is 2. The van der Waals surface area contributed by atoms with Crippen LogP contribution in [0.1, 0.15) is 29.1 Å². The van der Waals surface area contributed by atoms with E-state index in [0.717, 1.165) is 12.5 Å². The molecule has 9 nitrogen and oxygen atoms in total. The molecule has 0 spiro atoms. The molecule has 0 aliphatic carbocycles. The fourth-order valence-corrected chi connectivity index (χ4v) is 3.63. The standard InChI is InChI=1S/C18H16ClF2N5O4S/c1-10(25-17(27)11-5-12(19)7-14(6-11)31(2,28)29)16-23-9-24-26(16)15-4-3-13(8-22-15)30-18(20)21/h3-10,18H,1-2H3,(H,25,27)/t10-/m0/s1. The van der Waals surface area contributed by atoms with Crippen molar-refractivity contribution in [2.24, 2.45) is 0 Å². The number of rotatable bonds is 7. The molecule has 2 aromatic heterocycles. The maximum absolute atomic E-state index is 12.7. The minimum Gasteiger partial charge on any atom is -0.433 e. The van der Waals surface area contributed by atoms with Crippen molar-refractivity contribution in [3.8, 4) is 11.6 Å². The number of halogens is 3. The van der Waals surface area contributed by atoms with Crippen LogP contribution >= 0.6 is 11.6 Å². The van der Waals surface area contributed by atoms with Gasteiger partial charge in [-0.1, -0.05) is 11.6 Å². The molecule has 31 heavy (non-hydrogen) atoms. The van der Waals surface area contributed by atoms with Crippen molar-refractivity contribution >= 4 is 27.3 Å². The fraction of sp³-hybridized carbons (Fsp3) is 0.222. The Bertz CT molecular complexity index is 1200. The van der Waals surface area contributed by atoms with E-state index in [4.69, 9.17) is 11.6 Å². The predicted octanol–water partition coefficient (Wildman–Crippen LogP) is 2.81. The van der Waals surface area contributed by atoms with E-state index in [9.17, 15) is 22.0 Å². The van der Waals surface area contributed by atoms with Gasteiger partial charge < -0.3 is 10.1 Å². The van der Waals surface area contributed by atoms with Crippen LogP contribution < -0.4 is 10.1 Å². The molecule has 13 heteroatoms. The van der Waals surface area contributed by atoms with Crippen molar-refractivity contribution in [3.05, 3.63) is 59.3 Å². The molecule has 0 bridgehead atoms. The number of ether oxygens (including phenoxy) is 1. The first-order valence-corrected chi connectivity index (χ1v) is 10.9. The quantitative estimate of drug-likeness (QED) is 0.563. The number of nitrogens with one attached hydrogen (secondary N) is 1. The summed E-state index contributed by atoms with van der Waals surface area (Å²) in [4.78, 5) is 20.7. The van der Waals surface area contributed by atoms with E-state index in [1.165, 1.54) is 41.3 Å². The van der Waals surface area contributed by atoms with Crippen LogP contribution in [0.3, 0.4) is 0 Å². The van der Waals surface area contributed by atoms with E-state index in [1.807, 2.05) is 0 Å². The highest BCUT2D eigenvalue weighted by Gasteiger charge is 2.20. The first-order valence-electron chi connectivity index (χ1n) is 8.67. The Labute approximate surface area is 181 Å². The van der Waals surface area contributed by atoms with Gasteiger partial charge >= 0.3 is 6.61 Å². The number of sulfone groups is 1. The summed E-state index contributed by atoms with van der Waals surface area (Å²) >= 11 is 5.95. The molecule has 1 N–H and O–H groups in total. The number of benzene rings is 1. The van der Waals surface area contributed by atoms with Gasteiger partial charge in [0.1, 0.15) is 12.1 Å². The molecule has 0 radical (unpaired) electrons. The van der Waals surface area contributed by atoms with Crippen LogP contribution in [0.2, 0.25) is 5.02 Å². The van der Waals surface area contributed by atoms with Crippen LogP contribution in [-0.2, 0) is 9.84 Å². The summed E-state index contributed by atoms with van der Waals surface area (Å²) in [5, 5.41) is 6.82. The molecule has 1 aromatic carbocycles. The van der Waals surface area contributed by atoms with Crippen LogP contribution in [0.5, 0.6) is 5.75 Å². The smallest absolute Gasteiger partial charge is 0.387 e. The van der Waals surface area contributed by atoms with Gasteiger partial charge in [-0.3, -0.25) is 4.79 Å². The van der Waals surface area contributed by atoms with Gasteiger partial charge in [-0.2, -0.15) is 18.6 Å². The Balaban J connectivity index is 1.81. The third kappa shape index (κ3) is 5.52. The lowest BCUT2D eigenvalue weighted by molar-refractivity contribution is -0.0500. The number of nitrogens with zero attached hydrogens (tertiary/aromatic N) is 4. The van der Waals surface area contributed by atoms with Crippen molar-refractivity contribution in [1.29, 1.82) is 0 Å². The maximum atomic E-state index is 12.7. The van der Waals surface area contributed by atoms with Crippen molar-refractivity contribution < 1.29 is 26.7 Å². The summed E-state index contributed by atoms with van der Waals surface area (Å²) in [6, 6.07) is 5.83. The highest BCUT2D eigenvalue weighted by Crippen LogP contribution is 2.21. The van der Waals surface area contributed by atoms with Gasteiger partial charge in [0.25, 0.3) is 5.91 Å². The molecule has 164 valence electrons. The van der Waals surface area contributed by atoms with E-state index in [0.29, 0.717) is 5.82 Å². The Morgan fingerprint density at radius 2 is 1.97 bits per heavy atom. The fourth-order valence-electron chi connectivity index (χ4n) is 2.64. The second-order valence-corrected chi connectivity index (χ2v) is 8.86. The summed E-state index contributed by atoms with van der Waals surface area (Å²) in [5.41, 5.74) is 0.0532.